The van der Waals surface area contributed by atoms with Gasteiger partial charge in [-0.05, 0) is 54.2 Å². The first-order chi connectivity index (χ1) is 9.94. The van der Waals surface area contributed by atoms with Crippen molar-refractivity contribution >= 4 is 37.3 Å². The Morgan fingerprint density at radius 2 is 2.10 bits per heavy atom. The zero-order valence-corrected chi connectivity index (χ0v) is 15.7. The van der Waals surface area contributed by atoms with Gasteiger partial charge in [-0.1, -0.05) is 19.8 Å². The Kier molecular flexibility index (Phi) is 6.25. The third kappa shape index (κ3) is 4.51. The molecule has 1 aromatic rings. The van der Waals surface area contributed by atoms with Crippen molar-refractivity contribution in [3.05, 3.63) is 14.7 Å². The maximum atomic E-state index is 12.6. The summed E-state index contributed by atoms with van der Waals surface area (Å²) >= 11 is 4.87. The van der Waals surface area contributed by atoms with E-state index in [1.807, 2.05) is 13.8 Å². The quantitative estimate of drug-likeness (QED) is 0.743. The van der Waals surface area contributed by atoms with Gasteiger partial charge in [-0.15, -0.1) is 11.3 Å². The first-order valence-corrected chi connectivity index (χ1v) is 10.5. The Balaban J connectivity index is 2.09. The van der Waals surface area contributed by atoms with Gasteiger partial charge in [0.25, 0.3) is 0 Å². The standard InChI is InChI=1S/C14H23BrN2O2S2/c1-3-16-9-12-8-13(14(15)20-12)21(18,19)17-10(2)11-6-4-5-7-11/h8,10-11,16-17H,3-7,9H2,1-2H3. The van der Waals surface area contributed by atoms with Crippen LogP contribution in [0.4, 0.5) is 0 Å². The summed E-state index contributed by atoms with van der Waals surface area (Å²) in [5.41, 5.74) is 0. The summed E-state index contributed by atoms with van der Waals surface area (Å²) in [6.07, 6.45) is 4.68. The Hall–Kier alpha value is 0.0500. The topological polar surface area (TPSA) is 58.2 Å². The Bertz CT molecular complexity index is 566. The van der Waals surface area contributed by atoms with E-state index in [4.69, 9.17) is 0 Å². The van der Waals surface area contributed by atoms with Gasteiger partial charge in [0.1, 0.15) is 4.90 Å². The Morgan fingerprint density at radius 1 is 1.43 bits per heavy atom. The number of sulfonamides is 1. The first kappa shape index (κ1) is 17.4. The van der Waals surface area contributed by atoms with Crippen LogP contribution < -0.4 is 10.0 Å². The number of hydrogen-bond donors (Lipinski definition) is 2. The van der Waals surface area contributed by atoms with Gasteiger partial charge in [0, 0.05) is 17.5 Å². The monoisotopic (exact) mass is 394 g/mol. The van der Waals surface area contributed by atoms with Crippen molar-refractivity contribution in [3.63, 3.8) is 0 Å². The molecule has 1 saturated carbocycles. The smallest absolute Gasteiger partial charge is 0.242 e. The predicted octanol–water partition coefficient (Wildman–Crippen LogP) is 3.48. The zero-order valence-electron chi connectivity index (χ0n) is 12.5. The third-order valence-electron chi connectivity index (χ3n) is 3.99. The largest absolute Gasteiger partial charge is 0.312 e. The molecular weight excluding hydrogens is 372 g/mol. The highest BCUT2D eigenvalue weighted by molar-refractivity contribution is 9.11. The van der Waals surface area contributed by atoms with E-state index in [0.29, 0.717) is 21.1 Å². The molecule has 120 valence electrons. The van der Waals surface area contributed by atoms with Crippen molar-refractivity contribution in [2.45, 2.75) is 57.0 Å². The average molecular weight is 395 g/mol. The third-order valence-corrected chi connectivity index (χ3v) is 7.80. The van der Waals surface area contributed by atoms with Crippen LogP contribution in [0.15, 0.2) is 14.7 Å². The fraction of sp³-hybridized carbons (Fsp3) is 0.714. The summed E-state index contributed by atoms with van der Waals surface area (Å²) < 4.78 is 28.6. The van der Waals surface area contributed by atoms with Gasteiger partial charge in [-0.2, -0.15) is 0 Å². The van der Waals surface area contributed by atoms with E-state index in [9.17, 15) is 8.42 Å². The number of halogens is 1. The number of rotatable bonds is 7. The summed E-state index contributed by atoms with van der Waals surface area (Å²) in [6.45, 7) is 5.58. The molecule has 1 aromatic heterocycles. The van der Waals surface area contributed by atoms with Gasteiger partial charge < -0.3 is 5.32 Å². The number of hydrogen-bond acceptors (Lipinski definition) is 4. The van der Waals surface area contributed by atoms with Crippen LogP contribution in [0, 0.1) is 5.92 Å². The van der Waals surface area contributed by atoms with E-state index in [-0.39, 0.29) is 6.04 Å². The minimum atomic E-state index is -3.45. The Labute approximate surface area is 139 Å². The molecule has 1 heterocycles. The highest BCUT2D eigenvalue weighted by Gasteiger charge is 2.28. The van der Waals surface area contributed by atoms with Crippen molar-refractivity contribution in [1.82, 2.24) is 10.0 Å². The van der Waals surface area contributed by atoms with E-state index in [0.717, 1.165) is 24.3 Å². The summed E-state index contributed by atoms with van der Waals surface area (Å²) in [4.78, 5) is 1.39. The summed E-state index contributed by atoms with van der Waals surface area (Å²) in [5, 5.41) is 3.22. The molecule has 0 bridgehead atoms. The van der Waals surface area contributed by atoms with Crippen LogP contribution in [0.2, 0.25) is 0 Å². The van der Waals surface area contributed by atoms with Crippen LogP contribution in [-0.4, -0.2) is 21.0 Å². The van der Waals surface area contributed by atoms with Gasteiger partial charge in [0.15, 0.2) is 0 Å². The van der Waals surface area contributed by atoms with Crippen LogP contribution in [0.3, 0.4) is 0 Å². The van der Waals surface area contributed by atoms with Gasteiger partial charge >= 0.3 is 0 Å². The van der Waals surface area contributed by atoms with Crippen LogP contribution in [0.5, 0.6) is 0 Å². The molecule has 1 fully saturated rings. The highest BCUT2D eigenvalue weighted by Crippen LogP contribution is 2.33. The molecule has 1 aliphatic carbocycles. The van der Waals surface area contributed by atoms with Crippen molar-refractivity contribution in [2.75, 3.05) is 6.54 Å². The van der Waals surface area contributed by atoms with Crippen molar-refractivity contribution in [3.8, 4) is 0 Å². The number of nitrogens with one attached hydrogen (secondary N) is 2. The van der Waals surface area contributed by atoms with E-state index < -0.39 is 10.0 Å². The normalized spacial score (nSPS) is 18.2. The molecule has 0 spiro atoms. The molecule has 0 saturated heterocycles. The minimum absolute atomic E-state index is 0.00140. The molecule has 21 heavy (non-hydrogen) atoms. The molecule has 7 heteroatoms. The zero-order chi connectivity index (χ0) is 15.5. The molecule has 4 nitrogen and oxygen atoms in total. The fourth-order valence-electron chi connectivity index (χ4n) is 2.78. The number of thiophene rings is 1. The lowest BCUT2D eigenvalue weighted by Crippen LogP contribution is -2.37. The molecule has 1 aliphatic rings. The molecule has 0 aliphatic heterocycles. The van der Waals surface area contributed by atoms with Crippen molar-refractivity contribution in [1.29, 1.82) is 0 Å². The molecule has 2 rings (SSSR count). The second-order valence-electron chi connectivity index (χ2n) is 5.59. The van der Waals surface area contributed by atoms with E-state index in [1.165, 1.54) is 24.2 Å². The maximum Gasteiger partial charge on any atom is 0.242 e. The van der Waals surface area contributed by atoms with Crippen LogP contribution in [-0.2, 0) is 16.6 Å². The molecule has 2 N–H and O–H groups in total. The highest BCUT2D eigenvalue weighted by atomic mass is 79.9. The fourth-order valence-corrected chi connectivity index (χ4v) is 6.74. The van der Waals surface area contributed by atoms with E-state index in [2.05, 4.69) is 26.0 Å². The van der Waals surface area contributed by atoms with Crippen LogP contribution >= 0.6 is 27.3 Å². The molecule has 1 unspecified atom stereocenters. The lowest BCUT2D eigenvalue weighted by atomic mass is 10.0. The average Bonchev–Trinajstić information content (AvgIpc) is 3.05. The predicted molar refractivity (Wildman–Crippen MR) is 91.1 cm³/mol. The van der Waals surface area contributed by atoms with Crippen LogP contribution in [0.1, 0.15) is 44.4 Å². The maximum absolute atomic E-state index is 12.6. The second-order valence-corrected chi connectivity index (χ2v) is 9.72. The Morgan fingerprint density at radius 3 is 2.71 bits per heavy atom. The van der Waals surface area contributed by atoms with Gasteiger partial charge in [-0.3, -0.25) is 0 Å². The lowest BCUT2D eigenvalue weighted by molar-refractivity contribution is 0.424. The summed E-state index contributed by atoms with van der Waals surface area (Å²) in [7, 11) is -3.45. The van der Waals surface area contributed by atoms with E-state index >= 15 is 0 Å². The van der Waals surface area contributed by atoms with E-state index in [1.54, 1.807) is 6.07 Å². The molecule has 0 aromatic carbocycles. The van der Waals surface area contributed by atoms with Crippen LogP contribution in [0.25, 0.3) is 0 Å². The van der Waals surface area contributed by atoms with Gasteiger partial charge in [0.2, 0.25) is 10.0 Å². The first-order valence-electron chi connectivity index (χ1n) is 7.45. The lowest BCUT2D eigenvalue weighted by Gasteiger charge is -2.20. The van der Waals surface area contributed by atoms with Crippen molar-refractivity contribution < 1.29 is 8.42 Å². The van der Waals surface area contributed by atoms with Gasteiger partial charge in [0.05, 0.1) is 3.79 Å². The molecular formula is C14H23BrN2O2S2. The SMILES string of the molecule is CCNCc1cc(S(=O)(=O)NC(C)C2CCCC2)c(Br)s1. The van der Waals surface area contributed by atoms with Gasteiger partial charge in [-0.25, -0.2) is 13.1 Å². The summed E-state index contributed by atoms with van der Waals surface area (Å²) in [5.74, 6) is 0.471. The van der Waals surface area contributed by atoms with Crippen molar-refractivity contribution in [2.24, 2.45) is 5.92 Å². The molecule has 0 amide bonds. The minimum Gasteiger partial charge on any atom is -0.312 e. The molecule has 0 radical (unpaired) electrons. The molecule has 1 atom stereocenters. The summed E-state index contributed by atoms with van der Waals surface area (Å²) in [6, 6.07) is 1.77. The second kappa shape index (κ2) is 7.55.